The molecule has 1 atom stereocenters. The number of likely N-dealkylation sites (N-methyl/N-ethyl adjacent to an activating group) is 1. The van der Waals surface area contributed by atoms with Crippen LogP contribution in [0.15, 0.2) is 18.2 Å². The molecule has 1 aliphatic rings. The van der Waals surface area contributed by atoms with Crippen LogP contribution in [0.2, 0.25) is 0 Å². The molecular weight excluding hydrogens is 224 g/mol. The molecule has 18 heavy (non-hydrogen) atoms. The highest BCUT2D eigenvalue weighted by atomic mass is 15.3. The number of hydrogen-bond acceptors (Lipinski definition) is 4. The third-order valence-corrected chi connectivity index (χ3v) is 3.79. The lowest BCUT2D eigenvalue weighted by Gasteiger charge is -2.40. The Labute approximate surface area is 109 Å². The van der Waals surface area contributed by atoms with Crippen molar-refractivity contribution in [3.05, 3.63) is 23.8 Å². The molecule has 2 N–H and O–H groups in total. The number of rotatable bonds is 2. The number of nitriles is 1. The topological polar surface area (TPSA) is 56.3 Å². The van der Waals surface area contributed by atoms with Gasteiger partial charge >= 0.3 is 0 Å². The van der Waals surface area contributed by atoms with E-state index in [0.717, 1.165) is 31.7 Å². The molecule has 1 unspecified atom stereocenters. The van der Waals surface area contributed by atoms with Gasteiger partial charge < -0.3 is 10.6 Å². The Morgan fingerprint density at radius 2 is 2.22 bits per heavy atom. The minimum absolute atomic E-state index is 0.559. The van der Waals surface area contributed by atoms with E-state index >= 15 is 0 Å². The van der Waals surface area contributed by atoms with E-state index in [9.17, 15) is 0 Å². The molecule has 96 valence electrons. The molecule has 1 aliphatic heterocycles. The summed E-state index contributed by atoms with van der Waals surface area (Å²) in [6.45, 7) is 5.19. The van der Waals surface area contributed by atoms with Gasteiger partial charge in [0.15, 0.2) is 0 Å². The molecular formula is C14H20N4. The van der Waals surface area contributed by atoms with E-state index in [2.05, 4.69) is 29.8 Å². The first-order chi connectivity index (χ1) is 8.67. The third-order valence-electron chi connectivity index (χ3n) is 3.79. The number of piperazine rings is 1. The molecule has 1 aromatic rings. The lowest BCUT2D eigenvalue weighted by atomic mass is 10.1. The summed E-state index contributed by atoms with van der Waals surface area (Å²) < 4.78 is 0. The number of benzene rings is 1. The van der Waals surface area contributed by atoms with Gasteiger partial charge in [0.05, 0.1) is 16.9 Å². The van der Waals surface area contributed by atoms with Crippen LogP contribution >= 0.6 is 0 Å². The molecule has 0 radical (unpaired) electrons. The second-order valence-corrected chi connectivity index (χ2v) is 4.84. The average molecular weight is 244 g/mol. The zero-order valence-electron chi connectivity index (χ0n) is 11.1. The molecule has 1 fully saturated rings. The van der Waals surface area contributed by atoms with Gasteiger partial charge in [0.25, 0.3) is 0 Å². The summed E-state index contributed by atoms with van der Waals surface area (Å²) in [5.41, 5.74) is 8.25. The monoisotopic (exact) mass is 244 g/mol. The van der Waals surface area contributed by atoms with E-state index in [1.54, 1.807) is 6.07 Å². The van der Waals surface area contributed by atoms with Crippen molar-refractivity contribution in [3.63, 3.8) is 0 Å². The van der Waals surface area contributed by atoms with E-state index in [-0.39, 0.29) is 0 Å². The van der Waals surface area contributed by atoms with Crippen LogP contribution in [-0.2, 0) is 0 Å². The van der Waals surface area contributed by atoms with Crippen LogP contribution in [0.3, 0.4) is 0 Å². The van der Waals surface area contributed by atoms with Gasteiger partial charge in [-0.05, 0) is 25.6 Å². The van der Waals surface area contributed by atoms with Crippen LogP contribution in [0.25, 0.3) is 0 Å². The quantitative estimate of drug-likeness (QED) is 0.804. The molecule has 1 saturated heterocycles. The fraction of sp³-hybridized carbons (Fsp3) is 0.500. The summed E-state index contributed by atoms with van der Waals surface area (Å²) in [4.78, 5) is 4.69. The minimum Gasteiger partial charge on any atom is -0.396 e. The van der Waals surface area contributed by atoms with E-state index in [1.807, 2.05) is 12.1 Å². The highest BCUT2D eigenvalue weighted by Gasteiger charge is 2.24. The minimum atomic E-state index is 0.559. The van der Waals surface area contributed by atoms with Crippen molar-refractivity contribution < 1.29 is 0 Å². The second-order valence-electron chi connectivity index (χ2n) is 4.84. The highest BCUT2D eigenvalue weighted by Crippen LogP contribution is 2.28. The standard InChI is InChI=1S/C14H20N4/c1-3-12-10-18(8-7-17(12)2)13-6-4-5-11(9-15)14(13)16/h4-6,12H,3,7-8,10,16H2,1-2H3. The predicted octanol–water partition coefficient (Wildman–Crippen LogP) is 1.67. The maximum atomic E-state index is 9.02. The van der Waals surface area contributed by atoms with Gasteiger partial charge in [-0.2, -0.15) is 5.26 Å². The summed E-state index contributed by atoms with van der Waals surface area (Å²) in [5, 5.41) is 9.02. The molecule has 0 bridgehead atoms. The lowest BCUT2D eigenvalue weighted by molar-refractivity contribution is 0.213. The summed E-state index contributed by atoms with van der Waals surface area (Å²) in [6, 6.07) is 8.39. The number of anilines is 2. The van der Waals surface area contributed by atoms with Crippen LogP contribution in [0.4, 0.5) is 11.4 Å². The number of para-hydroxylation sites is 1. The van der Waals surface area contributed by atoms with E-state index < -0.39 is 0 Å². The van der Waals surface area contributed by atoms with Crippen molar-refractivity contribution in [2.75, 3.05) is 37.3 Å². The third kappa shape index (κ3) is 2.27. The number of nitrogen functional groups attached to an aromatic ring is 1. The second kappa shape index (κ2) is 5.28. The Morgan fingerprint density at radius 1 is 1.44 bits per heavy atom. The van der Waals surface area contributed by atoms with Crippen molar-refractivity contribution in [2.45, 2.75) is 19.4 Å². The first-order valence-electron chi connectivity index (χ1n) is 6.41. The first kappa shape index (κ1) is 12.7. The summed E-state index contributed by atoms with van der Waals surface area (Å²) in [7, 11) is 2.17. The maximum absolute atomic E-state index is 9.02. The van der Waals surface area contributed by atoms with E-state index in [4.69, 9.17) is 11.0 Å². The molecule has 1 heterocycles. The Morgan fingerprint density at radius 3 is 2.89 bits per heavy atom. The molecule has 0 amide bonds. The SMILES string of the molecule is CCC1CN(c2cccc(C#N)c2N)CCN1C. The molecule has 4 heteroatoms. The van der Waals surface area contributed by atoms with Crippen molar-refractivity contribution in [1.82, 2.24) is 4.90 Å². The summed E-state index contributed by atoms with van der Waals surface area (Å²) in [5.74, 6) is 0. The maximum Gasteiger partial charge on any atom is 0.101 e. The van der Waals surface area contributed by atoms with Crippen molar-refractivity contribution in [2.24, 2.45) is 0 Å². The molecule has 2 rings (SSSR count). The Bertz CT molecular complexity index is 463. The van der Waals surface area contributed by atoms with Gasteiger partial charge in [0.2, 0.25) is 0 Å². The molecule has 4 nitrogen and oxygen atoms in total. The highest BCUT2D eigenvalue weighted by molar-refractivity contribution is 5.74. The number of nitrogens with two attached hydrogens (primary N) is 1. The molecule has 1 aromatic carbocycles. The average Bonchev–Trinajstić information content (AvgIpc) is 2.40. The molecule has 0 spiro atoms. The van der Waals surface area contributed by atoms with Crippen molar-refractivity contribution in [3.8, 4) is 6.07 Å². The predicted molar refractivity (Wildman–Crippen MR) is 74.5 cm³/mol. The Balaban J connectivity index is 2.25. The van der Waals surface area contributed by atoms with E-state index in [1.165, 1.54) is 0 Å². The van der Waals surface area contributed by atoms with Gasteiger partial charge in [-0.15, -0.1) is 0 Å². The largest absolute Gasteiger partial charge is 0.396 e. The van der Waals surface area contributed by atoms with Crippen LogP contribution in [0, 0.1) is 11.3 Å². The van der Waals surface area contributed by atoms with Gasteiger partial charge in [0.1, 0.15) is 6.07 Å². The van der Waals surface area contributed by atoms with Gasteiger partial charge in [0, 0.05) is 25.7 Å². The van der Waals surface area contributed by atoms with Crippen molar-refractivity contribution in [1.29, 1.82) is 5.26 Å². The van der Waals surface area contributed by atoms with Gasteiger partial charge in [-0.1, -0.05) is 13.0 Å². The van der Waals surface area contributed by atoms with Gasteiger partial charge in [-0.25, -0.2) is 0 Å². The molecule has 0 saturated carbocycles. The first-order valence-corrected chi connectivity index (χ1v) is 6.41. The zero-order chi connectivity index (χ0) is 13.1. The van der Waals surface area contributed by atoms with Crippen molar-refractivity contribution >= 4 is 11.4 Å². The zero-order valence-corrected chi connectivity index (χ0v) is 11.1. The number of hydrogen-bond donors (Lipinski definition) is 1. The summed E-state index contributed by atoms with van der Waals surface area (Å²) in [6.07, 6.45) is 1.13. The fourth-order valence-corrected chi connectivity index (χ4v) is 2.53. The van der Waals surface area contributed by atoms with Crippen LogP contribution in [0.1, 0.15) is 18.9 Å². The fourth-order valence-electron chi connectivity index (χ4n) is 2.53. The van der Waals surface area contributed by atoms with Crippen LogP contribution in [-0.4, -0.2) is 37.6 Å². The molecule has 0 aliphatic carbocycles. The smallest absolute Gasteiger partial charge is 0.101 e. The van der Waals surface area contributed by atoms with E-state index in [0.29, 0.717) is 17.3 Å². The molecule has 0 aromatic heterocycles. The number of nitrogens with zero attached hydrogens (tertiary/aromatic N) is 3. The van der Waals surface area contributed by atoms with Crippen LogP contribution < -0.4 is 10.6 Å². The lowest BCUT2D eigenvalue weighted by Crippen LogP contribution is -2.51. The normalized spacial score (nSPS) is 20.7. The van der Waals surface area contributed by atoms with Gasteiger partial charge in [-0.3, -0.25) is 4.90 Å². The Kier molecular flexibility index (Phi) is 3.73. The Hall–Kier alpha value is -1.73. The van der Waals surface area contributed by atoms with Crippen LogP contribution in [0.5, 0.6) is 0 Å². The summed E-state index contributed by atoms with van der Waals surface area (Å²) >= 11 is 0.